The third-order valence-electron chi connectivity index (χ3n) is 23.7. The van der Waals surface area contributed by atoms with E-state index in [-0.39, 0.29) is 72.9 Å². The van der Waals surface area contributed by atoms with Gasteiger partial charge in [-0.3, -0.25) is 0 Å². The number of fused-ring (bicyclic) bond motifs is 4. The van der Waals surface area contributed by atoms with Crippen LogP contribution in [0.5, 0.6) is 0 Å². The van der Waals surface area contributed by atoms with Crippen molar-refractivity contribution in [2.45, 2.75) is 251 Å². The van der Waals surface area contributed by atoms with E-state index in [0.717, 1.165) is 23.1 Å². The van der Waals surface area contributed by atoms with Crippen LogP contribution >= 0.6 is 0 Å². The molecule has 0 spiro atoms. The van der Waals surface area contributed by atoms with Gasteiger partial charge < -0.3 is 17.4 Å². The molecule has 0 saturated carbocycles. The molecule has 67 heavy (non-hydrogen) atoms. The lowest BCUT2D eigenvalue weighted by atomic mass is 9.44. The Morgan fingerprint density at radius 2 is 0.970 bits per heavy atom. The van der Waals surface area contributed by atoms with E-state index in [0.29, 0.717) is 5.56 Å². The van der Waals surface area contributed by atoms with Crippen LogP contribution in [0.1, 0.15) is 252 Å². The number of nitrogens with zero attached hydrogens (tertiary/aromatic N) is 2. The van der Waals surface area contributed by atoms with Gasteiger partial charge in [-0.1, -0.05) is 142 Å². The highest BCUT2D eigenvalue weighted by molar-refractivity contribution is 6.00. The van der Waals surface area contributed by atoms with Gasteiger partial charge in [0.05, 0.1) is 5.56 Å². The van der Waals surface area contributed by atoms with E-state index in [1.54, 1.807) is 0 Å². The Kier molecular flexibility index (Phi) is 11.2. The molecule has 370 valence electrons. The van der Waals surface area contributed by atoms with Crippen molar-refractivity contribution in [1.82, 2.24) is 4.58 Å². The van der Waals surface area contributed by atoms with Gasteiger partial charge >= 0.3 is 5.97 Å². The van der Waals surface area contributed by atoms with Crippen LogP contribution in [-0.2, 0) is 28.1 Å². The van der Waals surface area contributed by atoms with Crippen LogP contribution in [0, 0.1) is 49.9 Å². The molecular weight excluding hydrogens is 817 g/mol. The van der Waals surface area contributed by atoms with Crippen LogP contribution < -0.4 is 20.1 Å². The van der Waals surface area contributed by atoms with Gasteiger partial charge in [0.1, 0.15) is 0 Å². The van der Waals surface area contributed by atoms with Gasteiger partial charge in [-0.2, -0.15) is 0 Å². The molecule has 4 heterocycles. The molecule has 0 unspecified atom stereocenters. The van der Waals surface area contributed by atoms with E-state index in [4.69, 9.17) is 0 Å². The first-order chi connectivity index (χ1) is 29.5. The Bertz CT molecular complexity index is 2790. The summed E-state index contributed by atoms with van der Waals surface area (Å²) in [5, 5.41) is 14.0. The number of benzene rings is 3. The number of carboxylic acids is 1. The van der Waals surface area contributed by atoms with Gasteiger partial charge in [0.15, 0.2) is 11.1 Å². The van der Waals surface area contributed by atoms with E-state index in [2.05, 4.69) is 202 Å². The van der Waals surface area contributed by atoms with Gasteiger partial charge in [-0.05, 0) is 138 Å². The second-order valence-corrected chi connectivity index (χ2v) is 28.0. The lowest BCUT2D eigenvalue weighted by Gasteiger charge is -2.73. The Labute approximate surface area is 410 Å². The molecule has 0 radical (unpaired) electrons. The van der Waals surface area contributed by atoms with Crippen molar-refractivity contribution in [3.05, 3.63) is 103 Å². The highest BCUT2D eigenvalue weighted by Gasteiger charge is 2.71. The largest absolute Gasteiger partial charge is 0.478 e. The molecule has 5 aliphatic rings. The summed E-state index contributed by atoms with van der Waals surface area (Å²) < 4.78 is 2.89. The number of anilines is 1. The van der Waals surface area contributed by atoms with Crippen molar-refractivity contribution in [1.29, 1.82) is 0 Å². The summed E-state index contributed by atoms with van der Waals surface area (Å²) in [6.45, 7) is 71.3. The predicted molar refractivity (Wildman–Crippen MR) is 289 cm³/mol. The normalized spacial score (nSPS) is 25.2. The van der Waals surface area contributed by atoms with Crippen LogP contribution in [0.3, 0.4) is 0 Å². The predicted octanol–water partition coefficient (Wildman–Crippen LogP) is 14.6. The highest BCUT2D eigenvalue weighted by atomic mass is 16.4. The third-order valence-corrected chi connectivity index (χ3v) is 23.7. The molecule has 1 N–H and O–H groups in total. The molecule has 4 aliphatic heterocycles. The molecule has 0 saturated heterocycles. The molecule has 3 aromatic rings. The smallest absolute Gasteiger partial charge is 0.336 e. The number of carbonyl (C=O) groups is 1. The first-order valence-electron chi connectivity index (χ1n) is 25.7. The fourth-order valence-electron chi connectivity index (χ4n) is 15.8. The standard InChI is InChI=1S/C60H86N2O2.C2H6.CH3/c1-32-28-29-35(48(63)64)36(30-32)41-39-33(2)42-46-44(51(8,9)55(16,17)59(24,25)61(46)57(20,21)53(12,13)49(42,4)5)37(39)31-38-40(41)34(3)43-47-45(38)52(10,11)56(18,19)60(26,27)62(47)58(22,23)54(14,15)50(43,6)7;1-2;/h28-30H,31H2,1-27H3;1-2H3;1H3/q;;-1/p+1. The molecule has 8 rings (SSSR count). The van der Waals surface area contributed by atoms with E-state index in [1.807, 2.05) is 26.0 Å². The Hall–Kier alpha value is -3.40. The van der Waals surface area contributed by atoms with Crippen LogP contribution in [-0.4, -0.2) is 33.2 Å². The van der Waals surface area contributed by atoms with Crippen molar-refractivity contribution in [3.8, 4) is 0 Å². The van der Waals surface area contributed by atoms with Gasteiger partial charge in [0.25, 0.3) is 0 Å². The molecule has 4 nitrogen and oxygen atoms in total. The van der Waals surface area contributed by atoms with Crippen LogP contribution in [0.25, 0.3) is 5.57 Å². The summed E-state index contributed by atoms with van der Waals surface area (Å²) >= 11 is 0. The minimum absolute atomic E-state index is 0. The molecule has 0 aromatic heterocycles. The summed E-state index contributed by atoms with van der Waals surface area (Å²) in [5.41, 5.74) is 14.9. The van der Waals surface area contributed by atoms with Gasteiger partial charge in [0, 0.05) is 77.2 Å². The van der Waals surface area contributed by atoms with Crippen molar-refractivity contribution in [2.24, 2.45) is 21.7 Å². The summed E-state index contributed by atoms with van der Waals surface area (Å²) in [5.74, 6) is -0.875. The van der Waals surface area contributed by atoms with Crippen LogP contribution in [0.15, 0.2) is 18.2 Å². The maximum absolute atomic E-state index is 13.8. The summed E-state index contributed by atoms with van der Waals surface area (Å²) in [4.78, 5) is 16.7. The highest BCUT2D eigenvalue weighted by Crippen LogP contribution is 2.70. The number of aromatic carboxylic acids is 1. The first-order valence-corrected chi connectivity index (χ1v) is 25.7. The van der Waals surface area contributed by atoms with E-state index >= 15 is 0 Å². The molecule has 0 bridgehead atoms. The van der Waals surface area contributed by atoms with Crippen molar-refractivity contribution < 1.29 is 9.90 Å². The number of rotatable bonds is 2. The Morgan fingerprint density at radius 3 is 1.42 bits per heavy atom. The third kappa shape index (κ3) is 5.44. The maximum atomic E-state index is 13.8. The van der Waals surface area contributed by atoms with Gasteiger partial charge in [0.2, 0.25) is 5.36 Å². The molecule has 0 amide bonds. The van der Waals surface area contributed by atoms with Crippen molar-refractivity contribution in [2.75, 3.05) is 4.90 Å². The molecule has 4 heteroatoms. The zero-order chi connectivity index (χ0) is 50.8. The Morgan fingerprint density at radius 1 is 0.552 bits per heavy atom. The monoisotopic (exact) mass is 913 g/mol. The average molecular weight is 913 g/mol. The molecule has 0 atom stereocenters. The summed E-state index contributed by atoms with van der Waals surface area (Å²) in [6.07, 6.45) is 0.797. The fourth-order valence-corrected chi connectivity index (χ4v) is 15.8. The van der Waals surface area contributed by atoms with Gasteiger partial charge in [-0.15, -0.1) is 0 Å². The minimum atomic E-state index is -0.875. The van der Waals surface area contributed by atoms with Gasteiger partial charge in [-0.25, -0.2) is 9.37 Å². The number of hydrogen-bond acceptors (Lipinski definition) is 2. The second-order valence-electron chi connectivity index (χ2n) is 28.0. The Balaban J connectivity index is 0.00000244. The molecule has 1 aliphatic carbocycles. The second kappa shape index (κ2) is 14.1. The number of aryl methyl sites for hydroxylation is 1. The fraction of sp³-hybridized carbons (Fsp3) is 0.667. The van der Waals surface area contributed by atoms with Crippen molar-refractivity contribution >= 4 is 17.2 Å². The summed E-state index contributed by atoms with van der Waals surface area (Å²) in [6, 6.07) is 6.07. The average Bonchev–Trinajstić information content (AvgIpc) is 3.14. The molecule has 3 aromatic carbocycles. The van der Waals surface area contributed by atoms with E-state index < -0.39 is 5.97 Å². The summed E-state index contributed by atoms with van der Waals surface area (Å²) in [7, 11) is 0. The molecular formula is C63H96N2O2. The van der Waals surface area contributed by atoms with E-state index in [1.165, 1.54) is 66.3 Å². The zero-order valence-electron chi connectivity index (χ0n) is 48.7. The maximum Gasteiger partial charge on any atom is 0.336 e. The zero-order valence-corrected chi connectivity index (χ0v) is 48.7. The van der Waals surface area contributed by atoms with Crippen LogP contribution in [0.4, 0.5) is 5.69 Å². The SMILES string of the molecule is CC.Cc1ccc(C(=O)O)c(C2=c3c(C)c4c5c(c3Cc3c2c(C)c2c6c3C(C)(C)C(C)(C)C(C)(C)N6C(C)(C)C(C)(C)C2(C)C)C(C)(C)C(C)(C)C(C)(C)[N+]=5C(C)(C)C(C)(C)C4(C)C)c1.[CH3-]. The van der Waals surface area contributed by atoms with Crippen molar-refractivity contribution in [3.63, 3.8) is 0 Å². The molecule has 0 fully saturated rings. The lowest BCUT2D eigenvalue weighted by Crippen LogP contribution is -2.79. The van der Waals surface area contributed by atoms with E-state index in [9.17, 15) is 9.90 Å². The lowest BCUT2D eigenvalue weighted by molar-refractivity contribution is -0.0626. The minimum Gasteiger partial charge on any atom is -0.478 e. The number of hydrogen-bond donors (Lipinski definition) is 1. The topological polar surface area (TPSA) is 43.5 Å². The quantitative estimate of drug-likeness (QED) is 0.161. The first kappa shape index (κ1) is 53.0. The number of carboxylic acid groups (broad SMARTS) is 1. The van der Waals surface area contributed by atoms with Crippen LogP contribution in [0.2, 0.25) is 0 Å².